The van der Waals surface area contributed by atoms with Crippen molar-refractivity contribution >= 4 is 11.5 Å². The number of carbonyl (C=O) groups excluding carboxylic acids is 1. The van der Waals surface area contributed by atoms with Crippen LogP contribution in [0.25, 0.3) is 11.4 Å². The summed E-state index contributed by atoms with van der Waals surface area (Å²) in [5.74, 6) is -2.24. The van der Waals surface area contributed by atoms with Gasteiger partial charge in [-0.25, -0.2) is 0 Å². The van der Waals surface area contributed by atoms with Crippen LogP contribution in [0.1, 0.15) is 16.2 Å². The molecule has 0 atom stereocenters. The number of Topliss-reactive ketones (excluding diaryl/α,β-unsaturated/α-hetero) is 1. The molecule has 0 spiro atoms. The highest BCUT2D eigenvalue weighted by atomic mass is 16.6. The van der Waals surface area contributed by atoms with Crippen molar-refractivity contribution < 1.29 is 29.2 Å². The molecular weight excluding hydrogens is 358 g/mol. The van der Waals surface area contributed by atoms with Crippen molar-refractivity contribution in [1.82, 2.24) is 10.1 Å². The number of benzene rings is 2. The molecular formula is C17H13N3O7. The Hall–Kier alpha value is -3.95. The van der Waals surface area contributed by atoms with Gasteiger partial charge in [-0.3, -0.25) is 14.9 Å². The molecule has 10 heteroatoms. The topological polar surface area (TPSA) is 149 Å². The Morgan fingerprint density at radius 1 is 1.30 bits per heavy atom. The number of aromatic hydroxyl groups is 2. The molecule has 27 heavy (non-hydrogen) atoms. The van der Waals surface area contributed by atoms with Crippen LogP contribution in [0.15, 0.2) is 40.9 Å². The summed E-state index contributed by atoms with van der Waals surface area (Å²) in [5, 5.41) is 34.8. The molecule has 0 fully saturated rings. The molecule has 138 valence electrons. The van der Waals surface area contributed by atoms with E-state index in [1.54, 1.807) is 30.3 Å². The number of phenolic OH excluding ortho intramolecular Hbond substituents is 2. The molecule has 2 aromatic carbocycles. The quantitative estimate of drug-likeness (QED) is 0.288. The van der Waals surface area contributed by atoms with Gasteiger partial charge < -0.3 is 19.5 Å². The Bertz CT molecular complexity index is 1010. The Balaban J connectivity index is 2.09. The van der Waals surface area contributed by atoms with Crippen LogP contribution in [0, 0.1) is 17.0 Å². The van der Waals surface area contributed by atoms with Crippen LogP contribution >= 0.6 is 0 Å². The fourth-order valence-electron chi connectivity index (χ4n) is 2.43. The van der Waals surface area contributed by atoms with Gasteiger partial charge >= 0.3 is 5.69 Å². The predicted molar refractivity (Wildman–Crippen MR) is 90.7 cm³/mol. The van der Waals surface area contributed by atoms with Crippen LogP contribution in [0.3, 0.4) is 0 Å². The molecule has 3 rings (SSSR count). The lowest BCUT2D eigenvalue weighted by atomic mass is 9.99. The zero-order valence-corrected chi connectivity index (χ0v) is 13.9. The maximum absolute atomic E-state index is 12.7. The zero-order chi connectivity index (χ0) is 19.6. The lowest BCUT2D eigenvalue weighted by Crippen LogP contribution is -2.15. The molecule has 10 nitrogen and oxygen atoms in total. The second kappa shape index (κ2) is 7.12. The number of rotatable bonds is 6. The minimum atomic E-state index is -1.04. The van der Waals surface area contributed by atoms with E-state index in [4.69, 9.17) is 9.26 Å². The van der Waals surface area contributed by atoms with Gasteiger partial charge in [0.05, 0.1) is 4.92 Å². The first-order chi connectivity index (χ1) is 12.9. The van der Waals surface area contributed by atoms with E-state index >= 15 is 0 Å². The summed E-state index contributed by atoms with van der Waals surface area (Å²) in [6.07, 6.45) is 0. The molecule has 1 aromatic heterocycles. The Labute approximate surface area is 151 Å². The normalized spacial score (nSPS) is 10.6. The maximum Gasteiger partial charge on any atom is 0.326 e. The number of phenols is 2. The van der Waals surface area contributed by atoms with E-state index in [1.165, 1.54) is 6.92 Å². The van der Waals surface area contributed by atoms with Gasteiger partial charge in [0, 0.05) is 12.5 Å². The Morgan fingerprint density at radius 3 is 2.59 bits per heavy atom. The van der Waals surface area contributed by atoms with Crippen molar-refractivity contribution in [3.05, 3.63) is 58.0 Å². The Kier molecular flexibility index (Phi) is 4.71. The minimum Gasteiger partial charge on any atom is -0.504 e. The Morgan fingerprint density at radius 2 is 2.00 bits per heavy atom. The molecule has 0 aliphatic rings. The van der Waals surface area contributed by atoms with E-state index in [2.05, 4.69) is 10.1 Å². The van der Waals surface area contributed by atoms with Gasteiger partial charge in [0.15, 0.2) is 12.4 Å². The summed E-state index contributed by atoms with van der Waals surface area (Å²) in [7, 11) is 0. The fraction of sp³-hybridized carbons (Fsp3) is 0.118. The third kappa shape index (κ3) is 3.54. The van der Waals surface area contributed by atoms with Crippen LogP contribution in [0.2, 0.25) is 0 Å². The van der Waals surface area contributed by atoms with Gasteiger partial charge in [0.1, 0.15) is 11.3 Å². The van der Waals surface area contributed by atoms with Crippen molar-refractivity contribution in [3.8, 4) is 28.6 Å². The average molecular weight is 371 g/mol. The lowest BCUT2D eigenvalue weighted by molar-refractivity contribution is -0.386. The van der Waals surface area contributed by atoms with Gasteiger partial charge in [-0.1, -0.05) is 23.4 Å². The van der Waals surface area contributed by atoms with Crippen LogP contribution in [-0.2, 0) is 0 Å². The largest absolute Gasteiger partial charge is 0.504 e. The molecule has 0 aliphatic heterocycles. The first-order valence-electron chi connectivity index (χ1n) is 7.63. The molecule has 0 unspecified atom stereocenters. The number of aromatic nitrogens is 2. The molecule has 0 radical (unpaired) electrons. The molecule has 2 N–H and O–H groups in total. The van der Waals surface area contributed by atoms with Crippen molar-refractivity contribution in [2.24, 2.45) is 0 Å². The maximum atomic E-state index is 12.7. The summed E-state index contributed by atoms with van der Waals surface area (Å²) >= 11 is 0. The number of ketones is 1. The number of nitro groups is 1. The molecule has 3 aromatic rings. The van der Waals surface area contributed by atoms with Crippen LogP contribution < -0.4 is 4.74 Å². The number of hydrogen-bond acceptors (Lipinski definition) is 9. The highest BCUT2D eigenvalue weighted by molar-refractivity contribution is 6.07. The highest BCUT2D eigenvalue weighted by Crippen LogP contribution is 2.43. The van der Waals surface area contributed by atoms with E-state index in [-0.39, 0.29) is 17.3 Å². The van der Waals surface area contributed by atoms with Crippen molar-refractivity contribution in [3.63, 3.8) is 0 Å². The van der Waals surface area contributed by atoms with Gasteiger partial charge in [-0.15, -0.1) is 0 Å². The zero-order valence-electron chi connectivity index (χ0n) is 13.9. The summed E-state index contributed by atoms with van der Waals surface area (Å²) in [6, 6.07) is 9.33. The van der Waals surface area contributed by atoms with Crippen molar-refractivity contribution in [2.75, 3.05) is 6.61 Å². The van der Waals surface area contributed by atoms with E-state index in [9.17, 15) is 25.1 Å². The fourth-order valence-corrected chi connectivity index (χ4v) is 2.43. The number of ether oxygens (including phenoxy) is 1. The summed E-state index contributed by atoms with van der Waals surface area (Å²) < 4.78 is 10.2. The summed E-state index contributed by atoms with van der Waals surface area (Å²) in [6.45, 7) is 0.949. The third-order valence-electron chi connectivity index (χ3n) is 3.60. The number of nitrogens with zero attached hydrogens (tertiary/aromatic N) is 3. The molecule has 1 heterocycles. The van der Waals surface area contributed by atoms with Gasteiger partial charge in [-0.2, -0.15) is 4.98 Å². The standard InChI is InChI=1S/C17H13N3O7/c1-9-18-17(19-27-9)11-7-12(21)16(23)15(20(24)25)14(11)13(22)8-26-10-5-3-2-4-6-10/h2-7,21,23H,8H2,1H3. The van der Waals surface area contributed by atoms with Crippen molar-refractivity contribution in [1.29, 1.82) is 0 Å². The molecule has 0 bridgehead atoms. The molecule has 0 saturated carbocycles. The van der Waals surface area contributed by atoms with E-state index in [1.807, 2.05) is 0 Å². The molecule has 0 amide bonds. The third-order valence-corrected chi connectivity index (χ3v) is 3.60. The number of hydrogen-bond donors (Lipinski definition) is 2. The van der Waals surface area contributed by atoms with Crippen LogP contribution in [0.5, 0.6) is 17.2 Å². The van der Waals surface area contributed by atoms with Gasteiger partial charge in [-0.05, 0) is 18.2 Å². The second-order valence-corrected chi connectivity index (χ2v) is 5.43. The van der Waals surface area contributed by atoms with Crippen molar-refractivity contribution in [2.45, 2.75) is 6.92 Å². The first kappa shape index (κ1) is 17.9. The number of para-hydroxylation sites is 1. The highest BCUT2D eigenvalue weighted by Gasteiger charge is 2.33. The predicted octanol–water partition coefficient (Wildman–Crippen LogP) is 2.63. The van der Waals surface area contributed by atoms with E-state index < -0.39 is 40.1 Å². The number of aryl methyl sites for hydroxylation is 1. The first-order valence-corrected chi connectivity index (χ1v) is 7.63. The van der Waals surface area contributed by atoms with E-state index in [0.717, 1.165) is 6.07 Å². The summed E-state index contributed by atoms with van der Waals surface area (Å²) in [5.41, 5.74) is -1.61. The van der Waals surface area contributed by atoms with Gasteiger partial charge in [0.25, 0.3) is 0 Å². The molecule has 0 aliphatic carbocycles. The monoisotopic (exact) mass is 371 g/mol. The number of nitro benzene ring substituents is 1. The van der Waals surface area contributed by atoms with E-state index in [0.29, 0.717) is 5.75 Å². The smallest absolute Gasteiger partial charge is 0.326 e. The van der Waals surface area contributed by atoms with Crippen LogP contribution in [-0.4, -0.2) is 37.7 Å². The number of carbonyl (C=O) groups is 1. The summed E-state index contributed by atoms with van der Waals surface area (Å²) in [4.78, 5) is 27.1. The lowest BCUT2D eigenvalue weighted by Gasteiger charge is -2.10. The SMILES string of the molecule is Cc1nc(-c2cc(O)c(O)c([N+](=O)[O-])c2C(=O)COc2ccccc2)no1. The minimum absolute atomic E-state index is 0.144. The second-order valence-electron chi connectivity index (χ2n) is 5.43. The van der Waals surface area contributed by atoms with Crippen LogP contribution in [0.4, 0.5) is 5.69 Å². The molecule has 0 saturated heterocycles. The van der Waals surface area contributed by atoms with Gasteiger partial charge in [0.2, 0.25) is 23.2 Å². The average Bonchev–Trinajstić information content (AvgIpc) is 3.08.